The third kappa shape index (κ3) is 5.51. The Morgan fingerprint density at radius 1 is 1.05 bits per heavy atom. The Labute approximate surface area is 223 Å². The minimum atomic E-state index is -3.92. The van der Waals surface area contributed by atoms with E-state index in [1.54, 1.807) is 66.7 Å². The van der Waals surface area contributed by atoms with E-state index in [9.17, 15) is 13.2 Å². The van der Waals surface area contributed by atoms with E-state index in [0.29, 0.717) is 33.7 Å². The Morgan fingerprint density at radius 2 is 1.82 bits per heavy atom. The van der Waals surface area contributed by atoms with E-state index < -0.39 is 28.0 Å². The molecule has 198 valence electrons. The second-order valence-electron chi connectivity index (χ2n) is 8.73. The van der Waals surface area contributed by atoms with Crippen molar-refractivity contribution >= 4 is 33.2 Å². The van der Waals surface area contributed by atoms with Crippen molar-refractivity contribution in [1.82, 2.24) is 20.2 Å². The lowest BCUT2D eigenvalue weighted by atomic mass is 9.90. The van der Waals surface area contributed by atoms with Gasteiger partial charge in [0, 0.05) is 22.4 Å². The fourth-order valence-corrected chi connectivity index (χ4v) is 5.04. The number of amidine groups is 1. The Balaban J connectivity index is 1.42. The molecule has 39 heavy (non-hydrogen) atoms. The van der Waals surface area contributed by atoms with Crippen molar-refractivity contribution in [3.8, 4) is 11.1 Å². The summed E-state index contributed by atoms with van der Waals surface area (Å²) in [6.45, 7) is 0.160. The number of primary sulfonamides is 1. The van der Waals surface area contributed by atoms with E-state index in [1.165, 1.54) is 17.1 Å². The van der Waals surface area contributed by atoms with Gasteiger partial charge in [-0.1, -0.05) is 53.7 Å². The largest absolute Gasteiger partial charge is 0.389 e. The fraction of sp³-hybridized carbons (Fsp3) is 0.120. The lowest BCUT2D eigenvalue weighted by Crippen LogP contribution is -2.38. The van der Waals surface area contributed by atoms with Crippen LogP contribution in [-0.2, 0) is 26.2 Å². The van der Waals surface area contributed by atoms with Crippen molar-refractivity contribution in [2.24, 2.45) is 21.9 Å². The van der Waals surface area contributed by atoms with Gasteiger partial charge in [0.15, 0.2) is 6.10 Å². The van der Waals surface area contributed by atoms with Gasteiger partial charge in [0.1, 0.15) is 23.8 Å². The Morgan fingerprint density at radius 3 is 2.51 bits per heavy atom. The Kier molecular flexibility index (Phi) is 6.87. The summed E-state index contributed by atoms with van der Waals surface area (Å²) in [5, 5.41) is 31.3. The maximum atomic E-state index is 13.6. The molecule has 0 spiro atoms. The van der Waals surface area contributed by atoms with Crippen LogP contribution in [0.15, 0.2) is 89.2 Å². The van der Waals surface area contributed by atoms with Gasteiger partial charge in [-0.05, 0) is 40.3 Å². The highest BCUT2D eigenvalue weighted by molar-refractivity contribution is 7.89. The van der Waals surface area contributed by atoms with Crippen molar-refractivity contribution in [3.63, 3.8) is 0 Å². The summed E-state index contributed by atoms with van der Waals surface area (Å²) < 4.78 is 25.4. The second-order valence-corrected chi connectivity index (χ2v) is 10.3. The fourth-order valence-electron chi connectivity index (χ4n) is 4.28. The number of nitrogen functional groups attached to an aromatic ring is 1. The summed E-state index contributed by atoms with van der Waals surface area (Å²) in [4.78, 5) is 19.2. The number of aromatic nitrogens is 4. The van der Waals surface area contributed by atoms with Gasteiger partial charge in [0.25, 0.3) is 0 Å². The monoisotopic (exact) mass is 545 g/mol. The van der Waals surface area contributed by atoms with E-state index in [-0.39, 0.29) is 17.3 Å². The van der Waals surface area contributed by atoms with Gasteiger partial charge in [-0.15, -0.1) is 5.10 Å². The molecule has 5 rings (SSSR count). The first kappa shape index (κ1) is 25.7. The molecule has 0 saturated heterocycles. The summed E-state index contributed by atoms with van der Waals surface area (Å²) in [6.07, 6.45) is 0.690. The molecular formula is C25H23N9O4S. The number of amides is 1. The number of sulfonamides is 1. The molecule has 1 amide bonds. The lowest BCUT2D eigenvalue weighted by molar-refractivity contribution is -0.121. The molecule has 1 aliphatic rings. The van der Waals surface area contributed by atoms with Gasteiger partial charge in [-0.2, -0.15) is 0 Å². The molecular weight excluding hydrogens is 522 g/mol. The topological polar surface area (TPSA) is 204 Å². The molecule has 0 fully saturated rings. The number of anilines is 1. The molecule has 0 radical (unpaired) electrons. The first-order chi connectivity index (χ1) is 18.7. The quantitative estimate of drug-likeness (QED) is 0.187. The van der Waals surface area contributed by atoms with Gasteiger partial charge < -0.3 is 15.9 Å². The summed E-state index contributed by atoms with van der Waals surface area (Å²) in [7, 11) is -3.92. The number of carbonyl (C=O) groups is 1. The van der Waals surface area contributed by atoms with Crippen LogP contribution >= 0.6 is 0 Å². The van der Waals surface area contributed by atoms with Crippen LogP contribution < -0.4 is 16.2 Å². The van der Waals surface area contributed by atoms with E-state index >= 15 is 0 Å². The normalized spacial score (nSPS) is 16.8. The zero-order chi connectivity index (χ0) is 27.6. The molecule has 0 aliphatic carbocycles. The van der Waals surface area contributed by atoms with Gasteiger partial charge in [0.2, 0.25) is 15.9 Å². The van der Waals surface area contributed by atoms with Crippen LogP contribution in [0.4, 0.5) is 5.69 Å². The number of nitrogens with one attached hydrogen (secondary N) is 2. The predicted molar refractivity (Wildman–Crippen MR) is 142 cm³/mol. The zero-order valence-corrected chi connectivity index (χ0v) is 21.1. The third-order valence-corrected chi connectivity index (χ3v) is 7.09. The van der Waals surface area contributed by atoms with E-state index in [0.717, 1.165) is 0 Å². The van der Waals surface area contributed by atoms with Gasteiger partial charge in [0.05, 0.1) is 11.4 Å². The molecule has 4 aromatic rings. The molecule has 6 N–H and O–H groups in total. The number of benzene rings is 3. The smallest absolute Gasteiger partial charge is 0.238 e. The molecule has 0 unspecified atom stereocenters. The first-order valence-electron chi connectivity index (χ1n) is 11.6. The Bertz CT molecular complexity index is 1670. The standard InChI is InChI=1S/C25H23N9O4S/c26-24(27)17-5-3-4-16(12-17)23-22(20(38-31-23)13-34-14-29-32-33-34)25(35)30-18-10-8-15(9-11-18)19-6-1-2-7-21(19)39(28,36)37/h1-12,14,20,22H,13H2,(H3,26,27)(H,30,35)(H2,28,36,37)/t20-,22-/m1/s1. The van der Waals surface area contributed by atoms with Gasteiger partial charge in [-0.25, -0.2) is 18.2 Å². The molecule has 1 aromatic heterocycles. The molecule has 0 saturated carbocycles. The number of hydrogen-bond donors (Lipinski definition) is 4. The maximum absolute atomic E-state index is 13.6. The number of tetrazole rings is 1. The number of hydrogen-bond acceptors (Lipinski definition) is 9. The summed E-state index contributed by atoms with van der Waals surface area (Å²) in [6, 6.07) is 19.9. The average Bonchev–Trinajstić information content (AvgIpc) is 3.59. The second kappa shape index (κ2) is 10.4. The number of nitrogens with two attached hydrogens (primary N) is 2. The summed E-state index contributed by atoms with van der Waals surface area (Å²) in [5.74, 6) is -1.36. The molecule has 14 heteroatoms. The molecule has 1 aliphatic heterocycles. The molecule has 0 bridgehead atoms. The maximum Gasteiger partial charge on any atom is 0.238 e. The van der Waals surface area contributed by atoms with Gasteiger partial charge >= 0.3 is 0 Å². The highest BCUT2D eigenvalue weighted by Gasteiger charge is 2.41. The van der Waals surface area contributed by atoms with Crippen LogP contribution in [0, 0.1) is 11.3 Å². The van der Waals surface area contributed by atoms with E-state index in [4.69, 9.17) is 21.1 Å². The number of nitrogens with zero attached hydrogens (tertiary/aromatic N) is 5. The van der Waals surface area contributed by atoms with Crippen LogP contribution in [0.1, 0.15) is 11.1 Å². The zero-order valence-electron chi connectivity index (χ0n) is 20.3. The molecule has 2 atom stereocenters. The predicted octanol–water partition coefficient (Wildman–Crippen LogP) is 1.33. The lowest BCUT2D eigenvalue weighted by Gasteiger charge is -2.19. The summed E-state index contributed by atoms with van der Waals surface area (Å²) >= 11 is 0. The van der Waals surface area contributed by atoms with E-state index in [2.05, 4.69) is 26.0 Å². The molecule has 13 nitrogen and oxygen atoms in total. The van der Waals surface area contributed by atoms with E-state index in [1.807, 2.05) is 0 Å². The van der Waals surface area contributed by atoms with Crippen LogP contribution in [0.25, 0.3) is 11.1 Å². The highest BCUT2D eigenvalue weighted by Crippen LogP contribution is 2.29. The van der Waals surface area contributed by atoms with Crippen molar-refractivity contribution in [3.05, 3.63) is 90.3 Å². The van der Waals surface area contributed by atoms with Crippen LogP contribution in [-0.4, -0.2) is 52.2 Å². The first-order valence-corrected chi connectivity index (χ1v) is 13.2. The van der Waals surface area contributed by atoms with Crippen molar-refractivity contribution < 1.29 is 18.0 Å². The third-order valence-electron chi connectivity index (χ3n) is 6.12. The molecule has 2 heterocycles. The average molecular weight is 546 g/mol. The number of rotatable bonds is 8. The molecule has 3 aromatic carbocycles. The number of oxime groups is 1. The summed E-state index contributed by atoms with van der Waals surface area (Å²) in [5.41, 5.74) is 8.61. The Hall–Kier alpha value is -4.95. The SMILES string of the molecule is N=C(N)c1cccc(C2=NO[C@H](Cn3cnnn3)[C@H]2C(=O)Nc2ccc(-c3ccccc3S(N)(=O)=O)cc2)c1. The van der Waals surface area contributed by atoms with Crippen molar-refractivity contribution in [2.75, 3.05) is 5.32 Å². The van der Waals surface area contributed by atoms with Crippen molar-refractivity contribution in [2.45, 2.75) is 17.5 Å². The number of carbonyl (C=O) groups excluding carboxylic acids is 1. The van der Waals surface area contributed by atoms with Crippen LogP contribution in [0.5, 0.6) is 0 Å². The minimum Gasteiger partial charge on any atom is -0.389 e. The van der Waals surface area contributed by atoms with Crippen LogP contribution in [0.2, 0.25) is 0 Å². The van der Waals surface area contributed by atoms with Crippen molar-refractivity contribution in [1.29, 1.82) is 5.41 Å². The highest BCUT2D eigenvalue weighted by atomic mass is 32.2. The van der Waals surface area contributed by atoms with Crippen LogP contribution in [0.3, 0.4) is 0 Å². The minimum absolute atomic E-state index is 0.00368. The van der Waals surface area contributed by atoms with Gasteiger partial charge in [-0.3, -0.25) is 10.2 Å².